The monoisotopic (exact) mass is 278 g/mol. The number of aromatic nitrogens is 2. The van der Waals surface area contributed by atoms with E-state index in [0.717, 1.165) is 6.42 Å². The molecule has 0 aliphatic heterocycles. The van der Waals surface area contributed by atoms with Gasteiger partial charge >= 0.3 is 0 Å². The average Bonchev–Trinajstić information content (AvgIpc) is 2.73. The highest BCUT2D eigenvalue weighted by molar-refractivity contribution is 7.91. The number of primary sulfonamides is 1. The van der Waals surface area contributed by atoms with E-state index in [0.29, 0.717) is 24.4 Å². The van der Waals surface area contributed by atoms with E-state index >= 15 is 0 Å². The molecule has 17 heavy (non-hydrogen) atoms. The van der Waals surface area contributed by atoms with E-state index in [4.69, 9.17) is 5.14 Å². The molecule has 1 rings (SSSR count). The maximum atomic E-state index is 11.9. The Bertz CT molecular complexity index is 497. The first kappa shape index (κ1) is 14.0. The van der Waals surface area contributed by atoms with E-state index < -0.39 is 10.0 Å². The van der Waals surface area contributed by atoms with Crippen molar-refractivity contribution < 1.29 is 13.2 Å². The molecule has 0 radical (unpaired) electrons. The fourth-order valence-corrected chi connectivity index (χ4v) is 2.62. The summed E-state index contributed by atoms with van der Waals surface area (Å²) in [4.78, 5) is 13.5. The Hall–Kier alpha value is -1.06. The summed E-state index contributed by atoms with van der Waals surface area (Å²) in [6.45, 7) is 4.93. The molecule has 0 bridgehead atoms. The number of amides is 1. The van der Waals surface area contributed by atoms with Gasteiger partial charge in [-0.15, -0.1) is 10.2 Å². The topological polar surface area (TPSA) is 106 Å². The van der Waals surface area contributed by atoms with Gasteiger partial charge in [0.15, 0.2) is 0 Å². The van der Waals surface area contributed by atoms with Crippen molar-refractivity contribution >= 4 is 27.3 Å². The molecule has 0 aliphatic carbocycles. The summed E-state index contributed by atoms with van der Waals surface area (Å²) in [5, 5.41) is 11.9. The molecule has 0 aromatic carbocycles. The van der Waals surface area contributed by atoms with Crippen LogP contribution in [0.2, 0.25) is 0 Å². The van der Waals surface area contributed by atoms with Gasteiger partial charge in [-0.25, -0.2) is 13.6 Å². The van der Waals surface area contributed by atoms with Crippen LogP contribution in [0.15, 0.2) is 4.34 Å². The van der Waals surface area contributed by atoms with Crippen molar-refractivity contribution in [2.45, 2.75) is 24.6 Å². The van der Waals surface area contributed by atoms with Crippen LogP contribution in [-0.2, 0) is 10.0 Å². The minimum atomic E-state index is -3.89. The average molecular weight is 278 g/mol. The number of rotatable bonds is 5. The molecule has 0 unspecified atom stereocenters. The first-order valence-electron chi connectivity index (χ1n) is 5.05. The van der Waals surface area contributed by atoms with Crippen molar-refractivity contribution in [3.8, 4) is 0 Å². The zero-order chi connectivity index (χ0) is 13.1. The second kappa shape index (κ2) is 5.52. The number of nitrogens with zero attached hydrogens (tertiary/aromatic N) is 3. The Morgan fingerprint density at radius 1 is 1.41 bits per heavy atom. The van der Waals surface area contributed by atoms with Gasteiger partial charge in [0.1, 0.15) is 0 Å². The molecule has 0 atom stereocenters. The smallest absolute Gasteiger partial charge is 0.284 e. The minimum absolute atomic E-state index is 0.0457. The quantitative estimate of drug-likeness (QED) is 0.819. The maximum Gasteiger partial charge on any atom is 0.284 e. The summed E-state index contributed by atoms with van der Waals surface area (Å²) in [6, 6.07) is 0. The summed E-state index contributed by atoms with van der Waals surface area (Å²) in [5.74, 6) is -0.318. The summed E-state index contributed by atoms with van der Waals surface area (Å²) in [5.41, 5.74) is 0. The van der Waals surface area contributed by atoms with E-state index in [1.54, 1.807) is 4.90 Å². The standard InChI is InChI=1S/C8H14N4O3S2/c1-3-5-12(4-2)7(13)6-10-11-8(16-6)17(9,14)15/h3-5H2,1-2H3,(H2,9,14,15). The molecule has 0 aliphatic rings. The Morgan fingerprint density at radius 3 is 2.47 bits per heavy atom. The SMILES string of the molecule is CCCN(CC)C(=O)c1nnc(S(N)(=O)=O)s1. The number of carbonyl (C=O) groups is 1. The lowest BCUT2D eigenvalue weighted by molar-refractivity contribution is 0.0763. The van der Waals surface area contributed by atoms with Gasteiger partial charge in [0, 0.05) is 13.1 Å². The molecule has 0 saturated carbocycles. The first-order chi connectivity index (χ1) is 7.90. The summed E-state index contributed by atoms with van der Waals surface area (Å²) < 4.78 is 21.6. The highest BCUT2D eigenvalue weighted by atomic mass is 32.2. The molecule has 1 heterocycles. The second-order valence-corrected chi connectivity index (χ2v) is 6.02. The maximum absolute atomic E-state index is 11.9. The minimum Gasteiger partial charge on any atom is -0.337 e. The number of carbonyl (C=O) groups excluding carboxylic acids is 1. The molecule has 96 valence electrons. The van der Waals surface area contributed by atoms with Gasteiger partial charge in [-0.3, -0.25) is 4.79 Å². The van der Waals surface area contributed by atoms with E-state index in [1.807, 2.05) is 13.8 Å². The largest absolute Gasteiger partial charge is 0.337 e. The van der Waals surface area contributed by atoms with Crippen molar-refractivity contribution in [3.63, 3.8) is 0 Å². The Morgan fingerprint density at radius 2 is 2.06 bits per heavy atom. The van der Waals surface area contributed by atoms with Gasteiger partial charge in [0.25, 0.3) is 15.9 Å². The highest BCUT2D eigenvalue weighted by Gasteiger charge is 2.22. The Labute approximate surface area is 104 Å². The molecule has 2 N–H and O–H groups in total. The first-order valence-corrected chi connectivity index (χ1v) is 7.42. The fraction of sp³-hybridized carbons (Fsp3) is 0.625. The van der Waals surface area contributed by atoms with Crippen LogP contribution in [0, 0.1) is 0 Å². The normalized spacial score (nSPS) is 11.5. The van der Waals surface area contributed by atoms with Gasteiger partial charge in [-0.2, -0.15) is 0 Å². The molecule has 7 nitrogen and oxygen atoms in total. The molecule has 0 spiro atoms. The Kier molecular flexibility index (Phi) is 4.54. The summed E-state index contributed by atoms with van der Waals surface area (Å²) >= 11 is 0.691. The molecule has 1 amide bonds. The summed E-state index contributed by atoms with van der Waals surface area (Å²) in [6.07, 6.45) is 0.820. The number of hydrogen-bond acceptors (Lipinski definition) is 6. The van der Waals surface area contributed by atoms with Gasteiger partial charge < -0.3 is 4.90 Å². The van der Waals surface area contributed by atoms with Gasteiger partial charge in [-0.1, -0.05) is 18.3 Å². The van der Waals surface area contributed by atoms with Crippen molar-refractivity contribution in [1.29, 1.82) is 0 Å². The Balaban J connectivity index is 2.94. The van der Waals surface area contributed by atoms with Crippen LogP contribution in [0.4, 0.5) is 0 Å². The van der Waals surface area contributed by atoms with Gasteiger partial charge in [-0.05, 0) is 13.3 Å². The third-order valence-corrected chi connectivity index (χ3v) is 4.22. The van der Waals surface area contributed by atoms with Crippen LogP contribution in [0.25, 0.3) is 0 Å². The lowest BCUT2D eigenvalue weighted by atomic mass is 10.4. The van der Waals surface area contributed by atoms with E-state index in [2.05, 4.69) is 10.2 Å². The predicted molar refractivity (Wildman–Crippen MR) is 63.2 cm³/mol. The van der Waals surface area contributed by atoms with Crippen LogP contribution >= 0.6 is 11.3 Å². The second-order valence-electron chi connectivity index (χ2n) is 3.30. The lowest BCUT2D eigenvalue weighted by Gasteiger charge is -2.17. The van der Waals surface area contributed by atoms with Crippen LogP contribution in [0.3, 0.4) is 0 Å². The van der Waals surface area contributed by atoms with Crippen LogP contribution in [-0.4, -0.2) is 42.5 Å². The van der Waals surface area contributed by atoms with E-state index in [9.17, 15) is 13.2 Å². The van der Waals surface area contributed by atoms with E-state index in [-0.39, 0.29) is 15.3 Å². The van der Waals surface area contributed by atoms with E-state index in [1.165, 1.54) is 0 Å². The van der Waals surface area contributed by atoms with Gasteiger partial charge in [0.05, 0.1) is 0 Å². The number of sulfonamides is 1. The molecule has 0 saturated heterocycles. The van der Waals surface area contributed by atoms with Crippen LogP contribution in [0.5, 0.6) is 0 Å². The molecule has 1 aromatic rings. The molecular formula is C8H14N4O3S2. The molecule has 9 heteroatoms. The third kappa shape index (κ3) is 3.45. The van der Waals surface area contributed by atoms with Crippen LogP contribution in [0.1, 0.15) is 30.1 Å². The number of hydrogen-bond donors (Lipinski definition) is 1. The molecule has 1 aromatic heterocycles. The zero-order valence-electron chi connectivity index (χ0n) is 9.58. The van der Waals surface area contributed by atoms with Crippen molar-refractivity contribution in [3.05, 3.63) is 5.01 Å². The van der Waals surface area contributed by atoms with Crippen LogP contribution < -0.4 is 5.14 Å². The van der Waals surface area contributed by atoms with Crippen molar-refractivity contribution in [2.75, 3.05) is 13.1 Å². The van der Waals surface area contributed by atoms with Crippen molar-refractivity contribution in [1.82, 2.24) is 15.1 Å². The molecular weight excluding hydrogens is 264 g/mol. The lowest BCUT2D eigenvalue weighted by Crippen LogP contribution is -2.31. The third-order valence-electron chi connectivity index (χ3n) is 2.00. The highest BCUT2D eigenvalue weighted by Crippen LogP contribution is 2.15. The zero-order valence-corrected chi connectivity index (χ0v) is 11.2. The fourth-order valence-electron chi connectivity index (χ4n) is 1.22. The van der Waals surface area contributed by atoms with Gasteiger partial charge in [0.2, 0.25) is 9.35 Å². The number of nitrogens with two attached hydrogens (primary N) is 1. The summed E-state index contributed by atoms with van der Waals surface area (Å²) in [7, 11) is -3.89. The molecule has 0 fully saturated rings. The van der Waals surface area contributed by atoms with Crippen molar-refractivity contribution in [2.24, 2.45) is 5.14 Å². The predicted octanol–water partition coefficient (Wildman–Crippen LogP) is 0.0576.